The summed E-state index contributed by atoms with van der Waals surface area (Å²) in [6, 6.07) is 0. The summed E-state index contributed by atoms with van der Waals surface area (Å²) in [7, 11) is 4.02. The van der Waals surface area contributed by atoms with Crippen LogP contribution >= 0.6 is 0 Å². The molecule has 5 heteroatoms. The highest BCUT2D eigenvalue weighted by Crippen LogP contribution is 2.40. The maximum atomic E-state index is 9.69. The van der Waals surface area contributed by atoms with E-state index in [0.717, 1.165) is 25.7 Å². The standard InChI is InChI=1S/C12H26NO3.ClH/c1-13(2,10-15)12(8-11(16)9-14)6-4-3-5-7-12;/h11,14-16H,3-10H2,1-2H3;1H/q+1;/p-1. The van der Waals surface area contributed by atoms with Gasteiger partial charge in [-0.15, -0.1) is 0 Å². The number of rotatable bonds is 5. The minimum Gasteiger partial charge on any atom is -1.00 e. The number of aliphatic hydroxyl groups excluding tert-OH is 3. The summed E-state index contributed by atoms with van der Waals surface area (Å²) >= 11 is 0. The Kier molecular flexibility index (Phi) is 6.95. The Labute approximate surface area is 110 Å². The molecule has 3 N–H and O–H groups in total. The summed E-state index contributed by atoms with van der Waals surface area (Å²) < 4.78 is 0.518. The van der Waals surface area contributed by atoms with E-state index in [1.807, 2.05) is 14.1 Å². The third-order valence-electron chi connectivity index (χ3n) is 4.25. The third-order valence-corrected chi connectivity index (χ3v) is 4.25. The Bertz CT molecular complexity index is 218. The number of aliphatic hydroxyl groups is 3. The van der Waals surface area contributed by atoms with Crippen molar-refractivity contribution in [3.05, 3.63) is 0 Å². The Hall–Kier alpha value is 0.130. The van der Waals surface area contributed by atoms with E-state index in [-0.39, 0.29) is 31.3 Å². The van der Waals surface area contributed by atoms with Gasteiger partial charge in [0.15, 0.2) is 6.73 Å². The zero-order chi connectivity index (χ0) is 12.2. The van der Waals surface area contributed by atoms with Crippen LogP contribution in [0.4, 0.5) is 0 Å². The lowest BCUT2D eigenvalue weighted by Crippen LogP contribution is -3.00. The smallest absolute Gasteiger partial charge is 0.180 e. The molecular formula is C12H26ClNO3. The second kappa shape index (κ2) is 6.90. The van der Waals surface area contributed by atoms with E-state index in [0.29, 0.717) is 10.9 Å². The Balaban J connectivity index is 0.00000256. The average molecular weight is 268 g/mol. The Morgan fingerprint density at radius 2 is 1.65 bits per heavy atom. The molecule has 1 fully saturated rings. The molecule has 0 aliphatic heterocycles. The fourth-order valence-electron chi connectivity index (χ4n) is 2.92. The van der Waals surface area contributed by atoms with Gasteiger partial charge in [-0.1, -0.05) is 6.42 Å². The molecule has 17 heavy (non-hydrogen) atoms. The predicted octanol–water partition coefficient (Wildman–Crippen LogP) is -2.54. The van der Waals surface area contributed by atoms with Gasteiger partial charge in [-0.05, 0) is 12.8 Å². The molecule has 0 aromatic rings. The first kappa shape index (κ1) is 17.1. The van der Waals surface area contributed by atoms with Crippen molar-refractivity contribution < 1.29 is 32.2 Å². The second-order valence-electron chi connectivity index (χ2n) is 5.65. The predicted molar refractivity (Wildman–Crippen MR) is 62.7 cm³/mol. The molecular weight excluding hydrogens is 242 g/mol. The molecule has 1 rings (SSSR count). The lowest BCUT2D eigenvalue weighted by Gasteiger charge is -2.50. The van der Waals surface area contributed by atoms with Crippen molar-refractivity contribution in [2.24, 2.45) is 0 Å². The zero-order valence-corrected chi connectivity index (χ0v) is 11.7. The van der Waals surface area contributed by atoms with E-state index < -0.39 is 6.10 Å². The normalized spacial score (nSPS) is 21.7. The molecule has 104 valence electrons. The topological polar surface area (TPSA) is 60.7 Å². The highest BCUT2D eigenvalue weighted by molar-refractivity contribution is 4.87. The molecule has 1 unspecified atom stereocenters. The molecule has 0 aromatic carbocycles. The maximum absolute atomic E-state index is 9.69. The molecule has 0 radical (unpaired) electrons. The number of nitrogens with zero attached hydrogens (tertiary/aromatic N) is 1. The van der Waals surface area contributed by atoms with Crippen LogP contribution in [0, 0.1) is 0 Å². The van der Waals surface area contributed by atoms with Gasteiger partial charge in [0.2, 0.25) is 0 Å². The third kappa shape index (κ3) is 3.80. The molecule has 0 aromatic heterocycles. The van der Waals surface area contributed by atoms with Crippen molar-refractivity contribution in [1.82, 2.24) is 0 Å². The number of hydrogen-bond donors (Lipinski definition) is 3. The van der Waals surface area contributed by atoms with E-state index in [1.165, 1.54) is 6.42 Å². The molecule has 1 aliphatic rings. The minimum atomic E-state index is -0.665. The van der Waals surface area contributed by atoms with Crippen LogP contribution in [0.2, 0.25) is 0 Å². The van der Waals surface area contributed by atoms with Gasteiger partial charge in [-0.25, -0.2) is 0 Å². The molecule has 1 atom stereocenters. The zero-order valence-electron chi connectivity index (χ0n) is 10.9. The van der Waals surface area contributed by atoms with Crippen LogP contribution in [-0.2, 0) is 0 Å². The van der Waals surface area contributed by atoms with Crippen LogP contribution in [0.3, 0.4) is 0 Å². The van der Waals surface area contributed by atoms with E-state index in [2.05, 4.69) is 0 Å². The molecule has 0 heterocycles. The Morgan fingerprint density at radius 3 is 2.06 bits per heavy atom. The van der Waals surface area contributed by atoms with Crippen LogP contribution in [0.5, 0.6) is 0 Å². The average Bonchev–Trinajstić information content (AvgIpc) is 2.30. The molecule has 4 nitrogen and oxygen atoms in total. The van der Waals surface area contributed by atoms with Crippen LogP contribution in [0.25, 0.3) is 0 Å². The van der Waals surface area contributed by atoms with Crippen molar-refractivity contribution in [2.75, 3.05) is 27.4 Å². The van der Waals surface area contributed by atoms with Crippen molar-refractivity contribution >= 4 is 0 Å². The van der Waals surface area contributed by atoms with Crippen molar-refractivity contribution in [3.8, 4) is 0 Å². The molecule has 1 aliphatic carbocycles. The molecule has 0 amide bonds. The molecule has 0 spiro atoms. The van der Waals surface area contributed by atoms with E-state index in [1.54, 1.807) is 0 Å². The van der Waals surface area contributed by atoms with Crippen LogP contribution in [0.1, 0.15) is 38.5 Å². The molecule has 0 saturated heterocycles. The number of quaternary nitrogens is 1. The van der Waals surface area contributed by atoms with Crippen molar-refractivity contribution in [1.29, 1.82) is 0 Å². The summed E-state index contributed by atoms with van der Waals surface area (Å²) in [6.45, 7) is -0.106. The van der Waals surface area contributed by atoms with Gasteiger partial charge in [0.25, 0.3) is 0 Å². The van der Waals surface area contributed by atoms with E-state index in [4.69, 9.17) is 5.11 Å². The monoisotopic (exact) mass is 267 g/mol. The lowest BCUT2D eigenvalue weighted by molar-refractivity contribution is -0.960. The summed E-state index contributed by atoms with van der Waals surface area (Å²) in [4.78, 5) is 0. The first-order chi connectivity index (χ1) is 7.47. The first-order valence-corrected chi connectivity index (χ1v) is 6.20. The van der Waals surface area contributed by atoms with Crippen molar-refractivity contribution in [2.45, 2.75) is 50.2 Å². The highest BCUT2D eigenvalue weighted by Gasteiger charge is 2.46. The van der Waals surface area contributed by atoms with Crippen molar-refractivity contribution in [3.63, 3.8) is 0 Å². The minimum absolute atomic E-state index is 0. The second-order valence-corrected chi connectivity index (χ2v) is 5.65. The molecule has 1 saturated carbocycles. The Morgan fingerprint density at radius 1 is 1.12 bits per heavy atom. The molecule has 0 bridgehead atoms. The summed E-state index contributed by atoms with van der Waals surface area (Å²) in [5.41, 5.74) is -0.0743. The fraction of sp³-hybridized carbons (Fsp3) is 1.00. The van der Waals surface area contributed by atoms with Gasteiger partial charge in [0.1, 0.15) is 5.54 Å². The van der Waals surface area contributed by atoms with Crippen LogP contribution in [-0.4, -0.2) is 58.9 Å². The van der Waals surface area contributed by atoms with Crippen LogP contribution in [0.15, 0.2) is 0 Å². The van der Waals surface area contributed by atoms with Gasteiger partial charge in [-0.3, -0.25) is 0 Å². The largest absolute Gasteiger partial charge is 1.00 e. The SMILES string of the molecule is C[N+](C)(CO)C1(CC(O)CO)CCCCC1.[Cl-]. The van der Waals surface area contributed by atoms with Crippen LogP contribution < -0.4 is 12.4 Å². The van der Waals surface area contributed by atoms with Gasteiger partial charge >= 0.3 is 0 Å². The fourth-order valence-corrected chi connectivity index (χ4v) is 2.92. The first-order valence-electron chi connectivity index (χ1n) is 6.20. The highest BCUT2D eigenvalue weighted by atomic mass is 35.5. The van der Waals surface area contributed by atoms with Gasteiger partial charge in [0.05, 0.1) is 26.8 Å². The summed E-state index contributed by atoms with van der Waals surface area (Å²) in [5.74, 6) is 0. The van der Waals surface area contributed by atoms with Gasteiger partial charge < -0.3 is 32.2 Å². The van der Waals surface area contributed by atoms with E-state index in [9.17, 15) is 10.2 Å². The number of hydrogen-bond acceptors (Lipinski definition) is 3. The quantitative estimate of drug-likeness (QED) is 0.380. The lowest BCUT2D eigenvalue weighted by atomic mass is 9.75. The summed E-state index contributed by atoms with van der Waals surface area (Å²) in [6.07, 6.45) is 5.51. The maximum Gasteiger partial charge on any atom is 0.180 e. The van der Waals surface area contributed by atoms with E-state index >= 15 is 0 Å². The van der Waals surface area contributed by atoms with Gasteiger partial charge in [0, 0.05) is 19.3 Å². The van der Waals surface area contributed by atoms with Gasteiger partial charge in [-0.2, -0.15) is 0 Å². The number of halogens is 1. The summed E-state index contributed by atoms with van der Waals surface area (Å²) in [5, 5.41) is 28.2.